The summed E-state index contributed by atoms with van der Waals surface area (Å²) in [6.07, 6.45) is 0.918. The number of carboxylic acids is 2. The van der Waals surface area contributed by atoms with E-state index in [4.69, 9.17) is 10.2 Å². The van der Waals surface area contributed by atoms with E-state index in [9.17, 15) is 9.59 Å². The number of fused-ring (bicyclic) bond motifs is 1. The van der Waals surface area contributed by atoms with Gasteiger partial charge in [-0.1, -0.05) is 18.7 Å². The van der Waals surface area contributed by atoms with Gasteiger partial charge in [0.2, 0.25) is 0 Å². The summed E-state index contributed by atoms with van der Waals surface area (Å²) >= 11 is 2.93. The van der Waals surface area contributed by atoms with E-state index in [1.165, 1.54) is 11.8 Å². The molecule has 1 aliphatic heterocycles. The van der Waals surface area contributed by atoms with Crippen molar-refractivity contribution in [3.63, 3.8) is 0 Å². The first-order valence-corrected chi connectivity index (χ1v) is 8.09. The second-order valence-electron chi connectivity index (χ2n) is 4.31. The third-order valence-electron chi connectivity index (χ3n) is 2.81. The van der Waals surface area contributed by atoms with Crippen LogP contribution in [0.25, 0.3) is 0 Å². The molecule has 2 rings (SSSR count). The van der Waals surface area contributed by atoms with Crippen molar-refractivity contribution in [3.05, 3.63) is 23.8 Å². The molecule has 1 aromatic carbocycles. The molecule has 2 N–H and O–H groups in total. The van der Waals surface area contributed by atoms with E-state index in [0.717, 1.165) is 23.5 Å². The maximum Gasteiger partial charge on any atom is 0.335 e. The summed E-state index contributed by atoms with van der Waals surface area (Å²) in [4.78, 5) is 24.9. The quantitative estimate of drug-likeness (QED) is 0.836. The lowest BCUT2D eigenvalue weighted by molar-refractivity contribution is -0.133. The molecule has 0 aromatic heterocycles. The van der Waals surface area contributed by atoms with E-state index in [0.29, 0.717) is 0 Å². The minimum atomic E-state index is -0.948. The Morgan fingerprint density at radius 3 is 2.75 bits per heavy atom. The van der Waals surface area contributed by atoms with Crippen LogP contribution in [0.5, 0.6) is 0 Å². The predicted octanol–water partition coefficient (Wildman–Crippen LogP) is 2.81. The summed E-state index contributed by atoms with van der Waals surface area (Å²) in [5, 5.41) is 17.9. The fraction of sp³-hybridized carbons (Fsp3) is 0.385. The smallest absolute Gasteiger partial charge is 0.335 e. The highest BCUT2D eigenvalue weighted by atomic mass is 32.2. The Morgan fingerprint density at radius 1 is 1.40 bits per heavy atom. The Kier molecular flexibility index (Phi) is 4.82. The van der Waals surface area contributed by atoms with Gasteiger partial charge in [-0.2, -0.15) is 0 Å². The van der Waals surface area contributed by atoms with Crippen LogP contribution in [0.4, 0.5) is 5.69 Å². The van der Waals surface area contributed by atoms with Gasteiger partial charge in [-0.15, -0.1) is 11.8 Å². The van der Waals surface area contributed by atoms with Crippen LogP contribution in [-0.4, -0.2) is 39.2 Å². The van der Waals surface area contributed by atoms with E-state index in [1.807, 2.05) is 6.92 Å². The largest absolute Gasteiger partial charge is 0.481 e. The number of thioether (sulfide) groups is 2. The summed E-state index contributed by atoms with van der Waals surface area (Å²) in [5.41, 5.74) is 1.15. The van der Waals surface area contributed by atoms with Crippen molar-refractivity contribution in [3.8, 4) is 0 Å². The molecule has 1 atom stereocenters. The van der Waals surface area contributed by atoms with Gasteiger partial charge >= 0.3 is 11.9 Å². The number of carbonyl (C=O) groups is 2. The zero-order valence-corrected chi connectivity index (χ0v) is 12.5. The lowest BCUT2D eigenvalue weighted by Gasteiger charge is -2.25. The molecule has 0 bridgehead atoms. The van der Waals surface area contributed by atoms with Crippen LogP contribution in [0.15, 0.2) is 23.1 Å². The molecule has 7 heteroatoms. The van der Waals surface area contributed by atoms with Crippen LogP contribution in [0.1, 0.15) is 23.7 Å². The van der Waals surface area contributed by atoms with E-state index < -0.39 is 11.9 Å². The van der Waals surface area contributed by atoms with E-state index in [-0.39, 0.29) is 16.0 Å². The van der Waals surface area contributed by atoms with E-state index in [1.54, 1.807) is 30.0 Å². The molecule has 1 aromatic rings. The average molecular weight is 313 g/mol. The number of anilines is 1. The highest BCUT2D eigenvalue weighted by Gasteiger charge is 2.31. The average Bonchev–Trinajstić information content (AvgIpc) is 2.74. The van der Waals surface area contributed by atoms with Crippen molar-refractivity contribution in [2.24, 2.45) is 0 Å². The number of aliphatic carboxylic acids is 1. The maximum absolute atomic E-state index is 11.1. The first kappa shape index (κ1) is 15.1. The first-order chi connectivity index (χ1) is 9.52. The van der Waals surface area contributed by atoms with Gasteiger partial charge in [-0.25, -0.2) is 4.79 Å². The molecule has 1 heterocycles. The third-order valence-corrected chi connectivity index (χ3v) is 5.52. The van der Waals surface area contributed by atoms with Crippen molar-refractivity contribution in [2.45, 2.75) is 22.9 Å². The van der Waals surface area contributed by atoms with Gasteiger partial charge in [-0.3, -0.25) is 4.79 Å². The van der Waals surface area contributed by atoms with Crippen molar-refractivity contribution in [1.29, 1.82) is 0 Å². The number of benzene rings is 1. The minimum absolute atomic E-state index is 0.00917. The SMILES string of the molecule is CCCN1c2cc(C(=O)O)ccc2SC1SCC(=O)O. The zero-order valence-electron chi connectivity index (χ0n) is 10.9. The molecule has 0 saturated carbocycles. The Morgan fingerprint density at radius 2 is 2.15 bits per heavy atom. The van der Waals surface area contributed by atoms with Gasteiger partial charge in [-0.05, 0) is 24.6 Å². The molecule has 1 unspecified atom stereocenters. The Hall–Kier alpha value is -1.34. The van der Waals surface area contributed by atoms with Gasteiger partial charge in [0.25, 0.3) is 0 Å². The number of hydrogen-bond acceptors (Lipinski definition) is 5. The molecule has 108 valence electrons. The van der Waals surface area contributed by atoms with E-state index >= 15 is 0 Å². The zero-order chi connectivity index (χ0) is 14.7. The molecule has 1 aliphatic rings. The summed E-state index contributed by atoms with van der Waals surface area (Å²) < 4.78 is -0.00917. The van der Waals surface area contributed by atoms with Crippen LogP contribution < -0.4 is 4.90 Å². The van der Waals surface area contributed by atoms with Gasteiger partial charge in [0.15, 0.2) is 0 Å². The van der Waals surface area contributed by atoms with Gasteiger partial charge in [0, 0.05) is 11.4 Å². The molecular weight excluding hydrogens is 298 g/mol. The second-order valence-corrected chi connectivity index (χ2v) is 6.80. The number of hydrogen-bond donors (Lipinski definition) is 2. The topological polar surface area (TPSA) is 77.8 Å². The third kappa shape index (κ3) is 3.21. The number of carboxylic acid groups (broad SMARTS) is 2. The monoisotopic (exact) mass is 313 g/mol. The molecule has 0 radical (unpaired) electrons. The Labute approximate surface area is 125 Å². The highest BCUT2D eigenvalue weighted by molar-refractivity contribution is 8.17. The molecule has 0 aliphatic carbocycles. The minimum Gasteiger partial charge on any atom is -0.481 e. The fourth-order valence-electron chi connectivity index (χ4n) is 1.99. The van der Waals surface area contributed by atoms with Crippen LogP contribution in [0.3, 0.4) is 0 Å². The molecule has 0 saturated heterocycles. The summed E-state index contributed by atoms with van der Waals surface area (Å²) in [6, 6.07) is 5.05. The summed E-state index contributed by atoms with van der Waals surface area (Å²) in [5.74, 6) is -1.75. The number of rotatable bonds is 6. The first-order valence-electron chi connectivity index (χ1n) is 6.17. The van der Waals surface area contributed by atoms with Crippen LogP contribution >= 0.6 is 23.5 Å². The predicted molar refractivity (Wildman–Crippen MR) is 80.8 cm³/mol. The summed E-state index contributed by atoms with van der Waals surface area (Å²) in [6.45, 7) is 2.82. The Bertz CT molecular complexity index is 535. The van der Waals surface area contributed by atoms with Crippen LogP contribution in [0.2, 0.25) is 0 Å². The normalized spacial score (nSPS) is 17.1. The van der Waals surface area contributed by atoms with Crippen molar-refractivity contribution < 1.29 is 19.8 Å². The Balaban J connectivity index is 2.24. The number of aromatic carboxylic acids is 1. The molecule has 0 spiro atoms. The standard InChI is InChI=1S/C13H15NO4S2/c1-2-5-14-9-6-8(12(17)18)3-4-10(9)20-13(14)19-7-11(15)16/h3-4,6,13H,2,5,7H2,1H3,(H,15,16)(H,17,18). The number of nitrogens with zero attached hydrogens (tertiary/aromatic N) is 1. The molecular formula is C13H15NO4S2. The van der Waals surface area contributed by atoms with Crippen LogP contribution in [-0.2, 0) is 4.79 Å². The van der Waals surface area contributed by atoms with Crippen molar-refractivity contribution in [2.75, 3.05) is 17.2 Å². The van der Waals surface area contributed by atoms with Crippen LogP contribution in [0, 0.1) is 0 Å². The van der Waals surface area contributed by atoms with E-state index in [2.05, 4.69) is 4.90 Å². The van der Waals surface area contributed by atoms with Gasteiger partial charge in [0.05, 0.1) is 17.0 Å². The lowest BCUT2D eigenvalue weighted by atomic mass is 10.2. The fourth-order valence-corrected chi connectivity index (χ4v) is 4.47. The van der Waals surface area contributed by atoms with Gasteiger partial charge < -0.3 is 15.1 Å². The summed E-state index contributed by atoms with van der Waals surface area (Å²) in [7, 11) is 0. The maximum atomic E-state index is 11.1. The lowest BCUT2D eigenvalue weighted by Crippen LogP contribution is -2.28. The second kappa shape index (κ2) is 6.41. The molecule has 20 heavy (non-hydrogen) atoms. The van der Waals surface area contributed by atoms with Crippen molar-refractivity contribution in [1.82, 2.24) is 0 Å². The van der Waals surface area contributed by atoms with Crippen molar-refractivity contribution >= 4 is 41.1 Å². The highest BCUT2D eigenvalue weighted by Crippen LogP contribution is 2.47. The molecule has 5 nitrogen and oxygen atoms in total. The van der Waals surface area contributed by atoms with Gasteiger partial charge in [0.1, 0.15) is 4.71 Å². The molecule has 0 amide bonds. The molecule has 0 fully saturated rings.